The maximum absolute atomic E-state index is 5.67. The number of nitrogens with one attached hydrogen (secondary N) is 1. The smallest absolute Gasteiger partial charge is 0.178 e. The van der Waals surface area contributed by atoms with Crippen molar-refractivity contribution in [1.29, 1.82) is 0 Å². The monoisotopic (exact) mass is 308 g/mol. The molecule has 0 aliphatic heterocycles. The highest BCUT2D eigenvalue weighted by molar-refractivity contribution is 7.71. The van der Waals surface area contributed by atoms with E-state index in [1.54, 1.807) is 7.11 Å². The van der Waals surface area contributed by atoms with Crippen LogP contribution in [0.15, 0.2) is 18.2 Å². The zero-order chi connectivity index (χ0) is 15.5. The molecule has 2 aromatic rings. The summed E-state index contributed by atoms with van der Waals surface area (Å²) in [4.78, 5) is 3.28. The van der Waals surface area contributed by atoms with Crippen molar-refractivity contribution in [2.45, 2.75) is 33.7 Å². The van der Waals surface area contributed by atoms with Crippen molar-refractivity contribution >= 4 is 23.3 Å². The number of fused-ring (bicyclic) bond motifs is 1. The summed E-state index contributed by atoms with van der Waals surface area (Å²) in [5.74, 6) is 0.856. The maximum atomic E-state index is 5.67. The molecule has 2 rings (SSSR count). The van der Waals surface area contributed by atoms with Gasteiger partial charge in [0.2, 0.25) is 0 Å². The molecule has 0 saturated heterocycles. The summed E-state index contributed by atoms with van der Waals surface area (Å²) in [5.41, 5.74) is 2.19. The molecule has 1 aromatic heterocycles. The van der Waals surface area contributed by atoms with Crippen LogP contribution in [0.4, 0.5) is 0 Å². The SMILES string of the molecule is CCOc1cccc2c1[nH]c(=S)n2CC(C)(C)CCOC. The fourth-order valence-electron chi connectivity index (χ4n) is 2.47. The number of hydrogen-bond acceptors (Lipinski definition) is 3. The van der Waals surface area contributed by atoms with Crippen molar-refractivity contribution in [3.8, 4) is 5.75 Å². The van der Waals surface area contributed by atoms with Gasteiger partial charge in [0.15, 0.2) is 4.77 Å². The van der Waals surface area contributed by atoms with E-state index in [-0.39, 0.29) is 5.41 Å². The van der Waals surface area contributed by atoms with Crippen LogP contribution in [-0.4, -0.2) is 29.9 Å². The fourth-order valence-corrected chi connectivity index (χ4v) is 2.74. The van der Waals surface area contributed by atoms with Crippen molar-refractivity contribution in [2.75, 3.05) is 20.3 Å². The van der Waals surface area contributed by atoms with Crippen LogP contribution in [0, 0.1) is 10.2 Å². The predicted molar refractivity (Wildman–Crippen MR) is 88.6 cm³/mol. The largest absolute Gasteiger partial charge is 0.492 e. The molecule has 0 radical (unpaired) electrons. The summed E-state index contributed by atoms with van der Waals surface area (Å²) in [7, 11) is 1.74. The first-order valence-corrected chi connectivity index (χ1v) is 7.72. The molecule has 0 unspecified atom stereocenters. The van der Waals surface area contributed by atoms with Gasteiger partial charge in [-0.3, -0.25) is 0 Å². The van der Waals surface area contributed by atoms with Crippen LogP contribution in [0.2, 0.25) is 0 Å². The summed E-state index contributed by atoms with van der Waals surface area (Å²) in [6.07, 6.45) is 0.989. The number of para-hydroxylation sites is 1. The van der Waals surface area contributed by atoms with E-state index in [4.69, 9.17) is 21.7 Å². The van der Waals surface area contributed by atoms with Crippen LogP contribution in [-0.2, 0) is 11.3 Å². The third kappa shape index (κ3) is 3.66. The average molecular weight is 308 g/mol. The van der Waals surface area contributed by atoms with Gasteiger partial charge < -0.3 is 19.0 Å². The molecule has 1 heterocycles. The van der Waals surface area contributed by atoms with Crippen molar-refractivity contribution in [1.82, 2.24) is 9.55 Å². The summed E-state index contributed by atoms with van der Waals surface area (Å²) >= 11 is 5.50. The zero-order valence-corrected chi connectivity index (χ0v) is 14.0. The lowest BCUT2D eigenvalue weighted by atomic mass is 9.89. The number of methoxy groups -OCH3 is 1. The molecular weight excluding hydrogens is 284 g/mol. The van der Waals surface area contributed by atoms with Gasteiger partial charge in [0.05, 0.1) is 12.1 Å². The Hall–Kier alpha value is -1.33. The van der Waals surface area contributed by atoms with Crippen LogP contribution in [0.5, 0.6) is 5.75 Å². The lowest BCUT2D eigenvalue weighted by Crippen LogP contribution is -2.21. The molecule has 5 heteroatoms. The predicted octanol–water partition coefficient (Wildman–Crippen LogP) is 4.16. The third-order valence-electron chi connectivity index (χ3n) is 3.64. The first-order valence-electron chi connectivity index (χ1n) is 7.32. The molecule has 4 nitrogen and oxygen atoms in total. The van der Waals surface area contributed by atoms with Crippen LogP contribution in [0.25, 0.3) is 11.0 Å². The van der Waals surface area contributed by atoms with Crippen molar-refractivity contribution < 1.29 is 9.47 Å². The number of rotatable bonds is 7. The van der Waals surface area contributed by atoms with E-state index >= 15 is 0 Å². The number of hydrogen-bond donors (Lipinski definition) is 1. The van der Waals surface area contributed by atoms with Gasteiger partial charge in [-0.1, -0.05) is 19.9 Å². The molecule has 0 atom stereocenters. The number of benzene rings is 1. The summed E-state index contributed by atoms with van der Waals surface area (Å²) in [5, 5.41) is 0. The van der Waals surface area contributed by atoms with E-state index < -0.39 is 0 Å². The zero-order valence-electron chi connectivity index (χ0n) is 13.2. The molecule has 0 aliphatic carbocycles. The van der Waals surface area contributed by atoms with E-state index in [0.29, 0.717) is 6.61 Å². The number of nitrogens with zero attached hydrogens (tertiary/aromatic N) is 1. The molecule has 0 spiro atoms. The second-order valence-electron chi connectivity index (χ2n) is 6.01. The van der Waals surface area contributed by atoms with Crippen LogP contribution < -0.4 is 4.74 Å². The topological polar surface area (TPSA) is 39.2 Å². The lowest BCUT2D eigenvalue weighted by Gasteiger charge is -2.25. The quantitative estimate of drug-likeness (QED) is 0.781. The molecule has 21 heavy (non-hydrogen) atoms. The van der Waals surface area contributed by atoms with E-state index in [1.165, 1.54) is 0 Å². The standard InChI is InChI=1S/C16H24N2O2S/c1-5-20-13-8-6-7-12-14(13)17-15(21)18(12)11-16(2,3)9-10-19-4/h6-8H,5,9-11H2,1-4H3,(H,17,21). The Kier molecular flexibility index (Phi) is 5.06. The molecule has 1 aromatic carbocycles. The van der Waals surface area contributed by atoms with E-state index in [2.05, 4.69) is 29.5 Å². The minimum Gasteiger partial charge on any atom is -0.492 e. The van der Waals surface area contributed by atoms with E-state index in [1.807, 2.05) is 19.1 Å². The Morgan fingerprint density at radius 2 is 2.10 bits per heavy atom. The number of imidazole rings is 1. The molecule has 0 fully saturated rings. The minimum absolute atomic E-state index is 0.116. The van der Waals surface area contributed by atoms with Crippen molar-refractivity contribution in [3.05, 3.63) is 23.0 Å². The summed E-state index contributed by atoms with van der Waals surface area (Å²) < 4.78 is 13.8. The van der Waals surface area contributed by atoms with Gasteiger partial charge in [-0.2, -0.15) is 0 Å². The van der Waals surface area contributed by atoms with Crippen LogP contribution >= 0.6 is 12.2 Å². The summed E-state index contributed by atoms with van der Waals surface area (Å²) in [6, 6.07) is 6.06. The lowest BCUT2D eigenvalue weighted by molar-refractivity contribution is 0.143. The Morgan fingerprint density at radius 3 is 2.76 bits per heavy atom. The molecular formula is C16H24N2O2S. The van der Waals surface area contributed by atoms with Gasteiger partial charge in [-0.05, 0) is 43.1 Å². The number of H-pyrrole nitrogens is 1. The van der Waals surface area contributed by atoms with Crippen LogP contribution in [0.1, 0.15) is 27.2 Å². The highest BCUT2D eigenvalue weighted by Gasteiger charge is 2.20. The third-order valence-corrected chi connectivity index (χ3v) is 3.96. The number of aromatic nitrogens is 2. The van der Waals surface area contributed by atoms with Gasteiger partial charge in [-0.15, -0.1) is 0 Å². The maximum Gasteiger partial charge on any atom is 0.178 e. The van der Waals surface area contributed by atoms with Gasteiger partial charge in [0, 0.05) is 20.3 Å². The average Bonchev–Trinajstić information content (AvgIpc) is 2.74. The van der Waals surface area contributed by atoms with E-state index in [0.717, 1.165) is 41.1 Å². The second kappa shape index (κ2) is 6.62. The fraction of sp³-hybridized carbons (Fsp3) is 0.562. The minimum atomic E-state index is 0.116. The summed E-state index contributed by atoms with van der Waals surface area (Å²) in [6.45, 7) is 8.71. The van der Waals surface area contributed by atoms with Gasteiger partial charge in [0.25, 0.3) is 0 Å². The molecule has 0 aliphatic rings. The van der Waals surface area contributed by atoms with Crippen molar-refractivity contribution in [2.24, 2.45) is 5.41 Å². The highest BCUT2D eigenvalue weighted by Crippen LogP contribution is 2.29. The Bertz CT molecular complexity index is 658. The number of aromatic amines is 1. The van der Waals surface area contributed by atoms with Crippen molar-refractivity contribution in [3.63, 3.8) is 0 Å². The van der Waals surface area contributed by atoms with Gasteiger partial charge in [-0.25, -0.2) is 0 Å². The van der Waals surface area contributed by atoms with E-state index in [9.17, 15) is 0 Å². The highest BCUT2D eigenvalue weighted by atomic mass is 32.1. The molecule has 0 bridgehead atoms. The molecule has 0 saturated carbocycles. The Balaban J connectivity index is 2.38. The molecule has 1 N–H and O–H groups in total. The first kappa shape index (κ1) is 16.0. The Morgan fingerprint density at radius 1 is 1.33 bits per heavy atom. The van der Waals surface area contributed by atoms with Gasteiger partial charge in [0.1, 0.15) is 11.3 Å². The second-order valence-corrected chi connectivity index (χ2v) is 6.39. The first-order chi connectivity index (χ1) is 9.98. The molecule has 0 amide bonds. The molecule has 116 valence electrons. The number of ether oxygens (including phenoxy) is 2. The normalized spacial score (nSPS) is 12.0. The van der Waals surface area contributed by atoms with Gasteiger partial charge >= 0.3 is 0 Å². The van der Waals surface area contributed by atoms with Crippen LogP contribution in [0.3, 0.4) is 0 Å². The Labute approximate surface area is 131 Å².